The van der Waals surface area contributed by atoms with Crippen molar-refractivity contribution in [1.29, 1.82) is 0 Å². The molecule has 1 aromatic rings. The number of rotatable bonds is 7. The van der Waals surface area contributed by atoms with E-state index in [1.807, 2.05) is 12.2 Å². The predicted octanol–water partition coefficient (Wildman–Crippen LogP) is 5.08. The summed E-state index contributed by atoms with van der Waals surface area (Å²) in [7, 11) is 0. The summed E-state index contributed by atoms with van der Waals surface area (Å²) in [5.74, 6) is 0. The van der Waals surface area contributed by atoms with Crippen molar-refractivity contribution in [2.24, 2.45) is 0 Å². The average Bonchev–Trinajstić information content (AvgIpc) is 3.12. The van der Waals surface area contributed by atoms with E-state index in [0.29, 0.717) is 6.04 Å². The standard InChI is InChI=1S/C19H25N/c1-4-5-6-7-11-14-18-19(16(2)3)20(18)15-17-12-9-8-10-13-17/h4-6,8-10,12-13,18H,1,7,11,14-15H2,2-3H3/b6-5+/t18-,20?/m1/s1. The molecule has 0 N–H and O–H groups in total. The number of unbranched alkanes of at least 4 members (excludes halogenated alkanes) is 1. The molecule has 1 aromatic carbocycles. The van der Waals surface area contributed by atoms with Gasteiger partial charge in [-0.3, -0.25) is 0 Å². The average molecular weight is 267 g/mol. The molecule has 0 radical (unpaired) electrons. The Morgan fingerprint density at radius 1 is 1.25 bits per heavy atom. The van der Waals surface area contributed by atoms with Gasteiger partial charge in [0.15, 0.2) is 0 Å². The molecule has 1 atom stereocenters. The van der Waals surface area contributed by atoms with Crippen LogP contribution in [-0.2, 0) is 6.54 Å². The van der Waals surface area contributed by atoms with Crippen LogP contribution in [0.25, 0.3) is 0 Å². The first-order valence-corrected chi connectivity index (χ1v) is 7.49. The zero-order valence-electron chi connectivity index (χ0n) is 12.7. The molecular weight excluding hydrogens is 242 g/mol. The van der Waals surface area contributed by atoms with E-state index < -0.39 is 0 Å². The SMILES string of the molecule is C=C/C=C/CCC[C@@H]1C(=C(C)C)N1Cc1ccccc1. The van der Waals surface area contributed by atoms with Gasteiger partial charge < -0.3 is 4.90 Å². The summed E-state index contributed by atoms with van der Waals surface area (Å²) in [4.78, 5) is 2.54. The summed E-state index contributed by atoms with van der Waals surface area (Å²) in [6.45, 7) is 9.20. The van der Waals surface area contributed by atoms with Crippen LogP contribution in [-0.4, -0.2) is 10.9 Å². The Labute approximate surface area is 123 Å². The van der Waals surface area contributed by atoms with Crippen molar-refractivity contribution in [1.82, 2.24) is 4.90 Å². The molecule has 0 amide bonds. The number of hydrogen-bond acceptors (Lipinski definition) is 1. The summed E-state index contributed by atoms with van der Waals surface area (Å²) in [6.07, 6.45) is 9.75. The molecule has 0 aromatic heterocycles. The Balaban J connectivity index is 1.87. The summed E-state index contributed by atoms with van der Waals surface area (Å²) in [5.41, 5.74) is 4.43. The molecule has 1 aliphatic heterocycles. The molecule has 0 aliphatic carbocycles. The predicted molar refractivity (Wildman–Crippen MR) is 87.3 cm³/mol. The molecule has 1 nitrogen and oxygen atoms in total. The molecule has 1 fully saturated rings. The molecule has 1 heteroatoms. The first-order chi connectivity index (χ1) is 9.74. The summed E-state index contributed by atoms with van der Waals surface area (Å²) < 4.78 is 0. The topological polar surface area (TPSA) is 3.01 Å². The van der Waals surface area contributed by atoms with E-state index >= 15 is 0 Å². The third-order valence-corrected chi connectivity index (χ3v) is 3.76. The Morgan fingerprint density at radius 2 is 2.00 bits per heavy atom. The molecule has 106 valence electrons. The second kappa shape index (κ2) is 7.14. The lowest BCUT2D eigenvalue weighted by atomic mass is 10.1. The zero-order valence-corrected chi connectivity index (χ0v) is 12.7. The first-order valence-electron chi connectivity index (χ1n) is 7.49. The van der Waals surface area contributed by atoms with E-state index in [1.165, 1.54) is 24.0 Å². The number of allylic oxidation sites excluding steroid dienone is 4. The minimum Gasteiger partial charge on any atom is -0.360 e. The second-order valence-corrected chi connectivity index (χ2v) is 5.61. The highest BCUT2D eigenvalue weighted by molar-refractivity contribution is 5.32. The van der Waals surface area contributed by atoms with Crippen molar-refractivity contribution in [3.05, 3.63) is 72.0 Å². The van der Waals surface area contributed by atoms with Crippen molar-refractivity contribution in [3.63, 3.8) is 0 Å². The zero-order chi connectivity index (χ0) is 14.4. The van der Waals surface area contributed by atoms with Crippen LogP contribution < -0.4 is 0 Å². The highest BCUT2D eigenvalue weighted by Crippen LogP contribution is 2.40. The molecule has 1 heterocycles. The van der Waals surface area contributed by atoms with E-state index in [4.69, 9.17) is 0 Å². The quantitative estimate of drug-likeness (QED) is 0.378. The van der Waals surface area contributed by atoms with Gasteiger partial charge in [0.25, 0.3) is 0 Å². The van der Waals surface area contributed by atoms with Crippen molar-refractivity contribution in [3.8, 4) is 0 Å². The largest absolute Gasteiger partial charge is 0.360 e. The minimum atomic E-state index is 0.664. The highest BCUT2D eigenvalue weighted by atomic mass is 15.3. The van der Waals surface area contributed by atoms with Crippen LogP contribution in [0.1, 0.15) is 38.7 Å². The van der Waals surface area contributed by atoms with E-state index in [-0.39, 0.29) is 0 Å². The summed E-state index contributed by atoms with van der Waals surface area (Å²) in [6, 6.07) is 11.4. The minimum absolute atomic E-state index is 0.664. The van der Waals surface area contributed by atoms with Crippen LogP contribution in [0.4, 0.5) is 0 Å². The highest BCUT2D eigenvalue weighted by Gasteiger charge is 2.39. The van der Waals surface area contributed by atoms with Crippen LogP contribution >= 0.6 is 0 Å². The van der Waals surface area contributed by atoms with Crippen LogP contribution in [0.2, 0.25) is 0 Å². The lowest BCUT2D eigenvalue weighted by Crippen LogP contribution is -2.01. The van der Waals surface area contributed by atoms with Gasteiger partial charge in [-0.2, -0.15) is 0 Å². The molecular formula is C19H25N. The van der Waals surface area contributed by atoms with Gasteiger partial charge in [-0.15, -0.1) is 0 Å². The molecule has 20 heavy (non-hydrogen) atoms. The Hall–Kier alpha value is -1.76. The van der Waals surface area contributed by atoms with E-state index in [9.17, 15) is 0 Å². The number of nitrogens with zero attached hydrogens (tertiary/aromatic N) is 1. The van der Waals surface area contributed by atoms with Gasteiger partial charge in [-0.1, -0.05) is 60.7 Å². The Bertz CT molecular complexity index is 492. The second-order valence-electron chi connectivity index (χ2n) is 5.61. The Kier molecular flexibility index (Phi) is 5.23. The molecule has 1 saturated heterocycles. The van der Waals surface area contributed by atoms with Crippen molar-refractivity contribution in [2.45, 2.75) is 45.7 Å². The first kappa shape index (κ1) is 14.6. The van der Waals surface area contributed by atoms with Crippen LogP contribution in [0.5, 0.6) is 0 Å². The third kappa shape index (κ3) is 3.86. The third-order valence-electron chi connectivity index (χ3n) is 3.76. The van der Waals surface area contributed by atoms with Crippen molar-refractivity contribution >= 4 is 0 Å². The lowest BCUT2D eigenvalue weighted by molar-refractivity contribution is 0.489. The lowest BCUT2D eigenvalue weighted by Gasteiger charge is -2.04. The molecule has 2 rings (SSSR count). The summed E-state index contributed by atoms with van der Waals surface area (Å²) in [5, 5.41) is 0. The molecule has 1 aliphatic rings. The van der Waals surface area contributed by atoms with Crippen LogP contribution in [0, 0.1) is 0 Å². The molecule has 0 spiro atoms. The van der Waals surface area contributed by atoms with Gasteiger partial charge in [-0.25, -0.2) is 0 Å². The van der Waals surface area contributed by atoms with Crippen LogP contribution in [0.15, 0.2) is 66.4 Å². The van der Waals surface area contributed by atoms with E-state index in [2.05, 4.69) is 61.7 Å². The van der Waals surface area contributed by atoms with Crippen LogP contribution in [0.3, 0.4) is 0 Å². The van der Waals surface area contributed by atoms with Crippen molar-refractivity contribution in [2.75, 3.05) is 0 Å². The maximum Gasteiger partial charge on any atom is 0.0691 e. The fraction of sp³-hybridized carbons (Fsp3) is 0.368. The fourth-order valence-corrected chi connectivity index (χ4v) is 2.79. The van der Waals surface area contributed by atoms with Crippen molar-refractivity contribution < 1.29 is 0 Å². The van der Waals surface area contributed by atoms with Gasteiger partial charge in [0.2, 0.25) is 0 Å². The van der Waals surface area contributed by atoms with E-state index in [1.54, 1.807) is 5.70 Å². The van der Waals surface area contributed by atoms with Gasteiger partial charge >= 0.3 is 0 Å². The van der Waals surface area contributed by atoms with Gasteiger partial charge in [0.05, 0.1) is 6.04 Å². The number of hydrogen-bond donors (Lipinski definition) is 0. The maximum absolute atomic E-state index is 3.70. The maximum atomic E-state index is 3.70. The number of benzene rings is 1. The van der Waals surface area contributed by atoms with E-state index in [0.717, 1.165) is 13.0 Å². The smallest absolute Gasteiger partial charge is 0.0691 e. The van der Waals surface area contributed by atoms with Gasteiger partial charge in [0, 0.05) is 12.2 Å². The monoisotopic (exact) mass is 267 g/mol. The van der Waals surface area contributed by atoms with Gasteiger partial charge in [0.1, 0.15) is 0 Å². The molecule has 0 saturated carbocycles. The summed E-state index contributed by atoms with van der Waals surface area (Å²) >= 11 is 0. The van der Waals surface area contributed by atoms with Gasteiger partial charge in [-0.05, 0) is 38.7 Å². The molecule has 0 bridgehead atoms. The molecule has 0 unspecified atom stereocenters. The normalized spacial score (nSPS) is 17.6. The Morgan fingerprint density at radius 3 is 2.65 bits per heavy atom. The fourth-order valence-electron chi connectivity index (χ4n) is 2.79.